The van der Waals surface area contributed by atoms with Crippen molar-refractivity contribution in [3.8, 4) is 5.75 Å². The van der Waals surface area contributed by atoms with E-state index in [9.17, 15) is 0 Å². The van der Waals surface area contributed by atoms with Crippen LogP contribution in [0.25, 0.3) is 0 Å². The largest absolute Gasteiger partial charge is 0.488 e. The summed E-state index contributed by atoms with van der Waals surface area (Å²) in [5, 5.41) is 3.40. The Hall–Kier alpha value is -0.840. The topological polar surface area (TPSA) is 21.3 Å². The SMILES string of the molecule is CNC1CCCc2ccc(OCc3ccc(Br)s3)cc21. The molecule has 0 amide bonds. The monoisotopic (exact) mass is 351 g/mol. The van der Waals surface area contributed by atoms with Crippen LogP contribution in [0.2, 0.25) is 0 Å². The molecule has 0 saturated carbocycles. The Labute approximate surface area is 132 Å². The first kappa shape index (κ1) is 14.1. The Morgan fingerprint density at radius 2 is 2.25 bits per heavy atom. The van der Waals surface area contributed by atoms with Crippen molar-refractivity contribution in [3.05, 3.63) is 50.1 Å². The van der Waals surface area contributed by atoms with Crippen LogP contribution in [0.5, 0.6) is 5.75 Å². The third kappa shape index (κ3) is 3.08. The number of halogens is 1. The minimum atomic E-state index is 0.471. The highest BCUT2D eigenvalue weighted by Crippen LogP contribution is 2.32. The van der Waals surface area contributed by atoms with E-state index in [1.165, 1.54) is 35.3 Å². The predicted molar refractivity (Wildman–Crippen MR) is 87.5 cm³/mol. The zero-order valence-electron chi connectivity index (χ0n) is 11.5. The lowest BCUT2D eigenvalue weighted by molar-refractivity contribution is 0.308. The molecule has 2 nitrogen and oxygen atoms in total. The van der Waals surface area contributed by atoms with Crippen LogP contribution in [0.1, 0.15) is 34.9 Å². The van der Waals surface area contributed by atoms with Gasteiger partial charge in [-0.1, -0.05) is 6.07 Å². The van der Waals surface area contributed by atoms with Gasteiger partial charge >= 0.3 is 0 Å². The molecule has 1 N–H and O–H groups in total. The van der Waals surface area contributed by atoms with E-state index in [0.29, 0.717) is 12.6 Å². The number of aryl methyl sites for hydroxylation is 1. The van der Waals surface area contributed by atoms with E-state index in [0.717, 1.165) is 9.54 Å². The van der Waals surface area contributed by atoms with Gasteiger partial charge in [-0.25, -0.2) is 0 Å². The van der Waals surface area contributed by atoms with E-state index in [4.69, 9.17) is 4.74 Å². The van der Waals surface area contributed by atoms with Gasteiger partial charge in [0.05, 0.1) is 3.79 Å². The third-order valence-electron chi connectivity index (χ3n) is 3.79. The molecule has 1 aromatic carbocycles. The summed E-state index contributed by atoms with van der Waals surface area (Å²) >= 11 is 5.20. The van der Waals surface area contributed by atoms with Crippen LogP contribution in [0.15, 0.2) is 34.1 Å². The molecule has 1 aliphatic carbocycles. The second-order valence-electron chi connectivity index (χ2n) is 5.09. The molecule has 1 aromatic heterocycles. The second-order valence-corrected chi connectivity index (χ2v) is 7.64. The Morgan fingerprint density at radius 1 is 1.35 bits per heavy atom. The zero-order valence-corrected chi connectivity index (χ0v) is 13.9. The molecule has 106 valence electrons. The average Bonchev–Trinajstić information content (AvgIpc) is 2.90. The quantitative estimate of drug-likeness (QED) is 0.862. The molecule has 1 atom stereocenters. The number of hydrogen-bond donors (Lipinski definition) is 1. The van der Waals surface area contributed by atoms with E-state index >= 15 is 0 Å². The number of hydrogen-bond acceptors (Lipinski definition) is 3. The van der Waals surface area contributed by atoms with Crippen LogP contribution in [-0.4, -0.2) is 7.05 Å². The standard InChI is InChI=1S/C16H18BrNOS/c1-18-15-4-2-3-11-5-6-12(9-14(11)15)19-10-13-7-8-16(17)20-13/h5-9,15,18H,2-4,10H2,1H3. The minimum absolute atomic E-state index is 0.471. The summed E-state index contributed by atoms with van der Waals surface area (Å²) in [6.45, 7) is 0.638. The number of rotatable bonds is 4. The van der Waals surface area contributed by atoms with Gasteiger partial charge in [-0.3, -0.25) is 0 Å². The normalized spacial score (nSPS) is 17.8. The summed E-state index contributed by atoms with van der Waals surface area (Å²) in [5.41, 5.74) is 2.87. The molecule has 2 aromatic rings. The van der Waals surface area contributed by atoms with Crippen molar-refractivity contribution in [2.24, 2.45) is 0 Å². The Kier molecular flexibility index (Phi) is 4.44. The Morgan fingerprint density at radius 3 is 3.00 bits per heavy atom. The highest BCUT2D eigenvalue weighted by molar-refractivity contribution is 9.11. The molecular formula is C16H18BrNOS. The van der Waals surface area contributed by atoms with E-state index in [2.05, 4.69) is 51.6 Å². The molecular weight excluding hydrogens is 334 g/mol. The molecule has 0 bridgehead atoms. The minimum Gasteiger partial charge on any atom is -0.488 e. The van der Waals surface area contributed by atoms with E-state index in [1.807, 2.05) is 7.05 Å². The van der Waals surface area contributed by atoms with Crippen molar-refractivity contribution in [2.45, 2.75) is 31.9 Å². The molecule has 0 aliphatic heterocycles. The van der Waals surface area contributed by atoms with Gasteiger partial charge in [0.25, 0.3) is 0 Å². The zero-order chi connectivity index (χ0) is 13.9. The summed E-state index contributed by atoms with van der Waals surface area (Å²) in [5.74, 6) is 0.968. The van der Waals surface area contributed by atoms with Crippen LogP contribution in [0, 0.1) is 0 Å². The first-order chi connectivity index (χ1) is 9.76. The number of benzene rings is 1. The van der Waals surface area contributed by atoms with Crippen LogP contribution in [0.3, 0.4) is 0 Å². The highest BCUT2D eigenvalue weighted by Gasteiger charge is 2.19. The fourth-order valence-corrected chi connectivity index (χ4v) is 4.15. The van der Waals surface area contributed by atoms with Crippen molar-refractivity contribution < 1.29 is 4.74 Å². The van der Waals surface area contributed by atoms with Gasteiger partial charge in [-0.2, -0.15) is 0 Å². The first-order valence-corrected chi connectivity index (χ1v) is 8.54. The lowest BCUT2D eigenvalue weighted by Crippen LogP contribution is -2.21. The van der Waals surface area contributed by atoms with Crippen LogP contribution >= 0.6 is 27.3 Å². The maximum absolute atomic E-state index is 5.93. The first-order valence-electron chi connectivity index (χ1n) is 6.93. The van der Waals surface area contributed by atoms with Gasteiger partial charge in [0.2, 0.25) is 0 Å². The average molecular weight is 352 g/mol. The van der Waals surface area contributed by atoms with Crippen molar-refractivity contribution in [2.75, 3.05) is 7.05 Å². The van der Waals surface area contributed by atoms with Gasteiger partial charge in [0.15, 0.2) is 0 Å². The molecule has 0 radical (unpaired) electrons. The molecule has 1 aliphatic rings. The van der Waals surface area contributed by atoms with Crippen molar-refractivity contribution in [3.63, 3.8) is 0 Å². The fraction of sp³-hybridized carbons (Fsp3) is 0.375. The number of thiophene rings is 1. The van der Waals surface area contributed by atoms with Gasteiger partial charge in [-0.05, 0) is 77.6 Å². The number of fused-ring (bicyclic) bond motifs is 1. The molecule has 20 heavy (non-hydrogen) atoms. The van der Waals surface area contributed by atoms with Crippen LogP contribution in [0.4, 0.5) is 0 Å². The summed E-state index contributed by atoms with van der Waals surface area (Å²) in [7, 11) is 2.04. The lowest BCUT2D eigenvalue weighted by atomic mass is 9.87. The van der Waals surface area contributed by atoms with E-state index < -0.39 is 0 Å². The molecule has 1 heterocycles. The van der Waals surface area contributed by atoms with Crippen molar-refractivity contribution >= 4 is 27.3 Å². The Bertz CT molecular complexity index is 596. The van der Waals surface area contributed by atoms with Crippen LogP contribution in [-0.2, 0) is 13.0 Å². The van der Waals surface area contributed by atoms with Gasteiger partial charge in [-0.15, -0.1) is 11.3 Å². The molecule has 0 fully saturated rings. The van der Waals surface area contributed by atoms with E-state index in [-0.39, 0.29) is 0 Å². The molecule has 4 heteroatoms. The summed E-state index contributed by atoms with van der Waals surface area (Å²) in [6, 6.07) is 11.2. The maximum Gasteiger partial charge on any atom is 0.122 e. The smallest absolute Gasteiger partial charge is 0.122 e. The maximum atomic E-state index is 5.93. The molecule has 0 saturated heterocycles. The summed E-state index contributed by atoms with van der Waals surface area (Å²) in [6.07, 6.45) is 3.67. The predicted octanol–water partition coefficient (Wildman–Crippen LogP) is 4.69. The Balaban J connectivity index is 1.74. The van der Waals surface area contributed by atoms with E-state index in [1.54, 1.807) is 11.3 Å². The fourth-order valence-electron chi connectivity index (χ4n) is 2.75. The summed E-state index contributed by atoms with van der Waals surface area (Å²) < 4.78 is 7.08. The summed E-state index contributed by atoms with van der Waals surface area (Å²) in [4.78, 5) is 1.24. The van der Waals surface area contributed by atoms with Gasteiger partial charge in [0, 0.05) is 10.9 Å². The van der Waals surface area contributed by atoms with Crippen LogP contribution < -0.4 is 10.1 Å². The van der Waals surface area contributed by atoms with Gasteiger partial charge in [0.1, 0.15) is 12.4 Å². The number of ether oxygens (including phenoxy) is 1. The molecule has 1 unspecified atom stereocenters. The molecule has 0 spiro atoms. The number of nitrogens with one attached hydrogen (secondary N) is 1. The van der Waals surface area contributed by atoms with Crippen molar-refractivity contribution in [1.82, 2.24) is 5.32 Å². The third-order valence-corrected chi connectivity index (χ3v) is 5.39. The highest BCUT2D eigenvalue weighted by atomic mass is 79.9. The second kappa shape index (κ2) is 6.29. The lowest BCUT2D eigenvalue weighted by Gasteiger charge is -2.25. The molecule has 3 rings (SSSR count). The van der Waals surface area contributed by atoms with Crippen molar-refractivity contribution in [1.29, 1.82) is 0 Å². The van der Waals surface area contributed by atoms with Gasteiger partial charge < -0.3 is 10.1 Å².